The molecule has 0 atom stereocenters. The fraction of sp³-hybridized carbons (Fsp3) is 0.250. The molecular weight excluding hydrogens is 396 g/mol. The number of carbonyl (C=O) groups excluding carboxylic acids is 2. The number of rotatable bonds is 6. The second-order valence-electron chi connectivity index (χ2n) is 7.27. The molecule has 3 aromatic rings. The number of nitrogens with one attached hydrogen (secondary N) is 2. The first-order valence-electron chi connectivity index (χ1n) is 10.1. The van der Waals surface area contributed by atoms with Crippen LogP contribution in [0.2, 0.25) is 0 Å². The number of para-hydroxylation sites is 2. The van der Waals surface area contributed by atoms with Gasteiger partial charge in [0, 0.05) is 10.4 Å². The Morgan fingerprint density at radius 2 is 1.87 bits per heavy atom. The summed E-state index contributed by atoms with van der Waals surface area (Å²) in [6.07, 6.45) is 2.82. The Bertz CT molecular complexity index is 1100. The number of amides is 2. The molecule has 1 heterocycles. The van der Waals surface area contributed by atoms with Crippen LogP contribution in [0.4, 0.5) is 10.7 Å². The first-order valence-corrected chi connectivity index (χ1v) is 10.9. The average Bonchev–Trinajstić information content (AvgIpc) is 3.30. The minimum atomic E-state index is -0.221. The van der Waals surface area contributed by atoms with Crippen LogP contribution in [-0.4, -0.2) is 18.4 Å². The third kappa shape index (κ3) is 4.09. The largest absolute Gasteiger partial charge is 0.492 e. The van der Waals surface area contributed by atoms with Gasteiger partial charge < -0.3 is 15.4 Å². The van der Waals surface area contributed by atoms with Crippen LogP contribution in [0, 0.1) is 6.92 Å². The number of carbonyl (C=O) groups is 2. The summed E-state index contributed by atoms with van der Waals surface area (Å²) < 4.78 is 5.63. The van der Waals surface area contributed by atoms with Crippen molar-refractivity contribution in [3.8, 4) is 5.75 Å². The van der Waals surface area contributed by atoms with Gasteiger partial charge in [-0.1, -0.05) is 29.8 Å². The van der Waals surface area contributed by atoms with E-state index < -0.39 is 0 Å². The minimum Gasteiger partial charge on any atom is -0.492 e. The van der Waals surface area contributed by atoms with Gasteiger partial charge >= 0.3 is 0 Å². The van der Waals surface area contributed by atoms with E-state index in [-0.39, 0.29) is 11.8 Å². The fourth-order valence-electron chi connectivity index (χ4n) is 3.73. The Labute approximate surface area is 180 Å². The molecule has 0 bridgehead atoms. The predicted octanol–water partition coefficient (Wildman–Crippen LogP) is 5.45. The zero-order chi connectivity index (χ0) is 21.1. The van der Waals surface area contributed by atoms with Crippen LogP contribution >= 0.6 is 11.3 Å². The van der Waals surface area contributed by atoms with Crippen LogP contribution in [0.1, 0.15) is 50.1 Å². The van der Waals surface area contributed by atoms with Crippen molar-refractivity contribution in [2.24, 2.45) is 0 Å². The molecule has 4 rings (SSSR count). The smallest absolute Gasteiger partial charge is 0.259 e. The summed E-state index contributed by atoms with van der Waals surface area (Å²) in [5.74, 6) is 0.203. The molecule has 1 aliphatic rings. The van der Waals surface area contributed by atoms with Crippen molar-refractivity contribution >= 4 is 33.8 Å². The maximum absolute atomic E-state index is 13.3. The summed E-state index contributed by atoms with van der Waals surface area (Å²) in [5.41, 5.74) is 3.84. The number of fused-ring (bicyclic) bond motifs is 1. The molecule has 154 valence electrons. The van der Waals surface area contributed by atoms with Crippen molar-refractivity contribution in [2.45, 2.75) is 33.1 Å². The van der Waals surface area contributed by atoms with Gasteiger partial charge in [0.1, 0.15) is 10.8 Å². The number of thiophene rings is 1. The Kier molecular flexibility index (Phi) is 5.86. The minimum absolute atomic E-state index is 0.206. The highest BCUT2D eigenvalue weighted by molar-refractivity contribution is 7.17. The standard InChI is InChI=1S/C24H24N2O3S/c1-3-29-19-12-5-4-11-18(19)25-23(28)21-17-10-7-13-20(17)30-24(21)26-22(27)16-9-6-8-15(2)14-16/h4-6,8-9,11-12,14H,3,7,10,13H2,1-2H3,(H,25,28)(H,26,27). The summed E-state index contributed by atoms with van der Waals surface area (Å²) in [5, 5.41) is 6.57. The Balaban J connectivity index is 1.63. The van der Waals surface area contributed by atoms with Crippen LogP contribution in [0.3, 0.4) is 0 Å². The molecule has 30 heavy (non-hydrogen) atoms. The fourth-order valence-corrected chi connectivity index (χ4v) is 5.01. The molecule has 1 aromatic heterocycles. The summed E-state index contributed by atoms with van der Waals surface area (Å²) in [7, 11) is 0. The highest BCUT2D eigenvalue weighted by atomic mass is 32.1. The zero-order valence-corrected chi connectivity index (χ0v) is 17.9. The van der Waals surface area contributed by atoms with E-state index in [0.717, 1.165) is 30.4 Å². The van der Waals surface area contributed by atoms with E-state index in [2.05, 4.69) is 10.6 Å². The molecule has 1 aliphatic carbocycles. The molecule has 2 aromatic carbocycles. The molecule has 5 nitrogen and oxygen atoms in total. The van der Waals surface area contributed by atoms with Crippen LogP contribution in [0.5, 0.6) is 5.75 Å². The van der Waals surface area contributed by atoms with Gasteiger partial charge in [-0.05, 0) is 62.9 Å². The average molecular weight is 421 g/mol. The summed E-state index contributed by atoms with van der Waals surface area (Å²) in [6.45, 7) is 4.37. The number of hydrogen-bond acceptors (Lipinski definition) is 4. The summed E-state index contributed by atoms with van der Waals surface area (Å²) in [6, 6.07) is 14.8. The molecule has 0 aliphatic heterocycles. The van der Waals surface area contributed by atoms with Gasteiger partial charge in [0.2, 0.25) is 0 Å². The quantitative estimate of drug-likeness (QED) is 0.557. The third-order valence-electron chi connectivity index (χ3n) is 5.09. The summed E-state index contributed by atoms with van der Waals surface area (Å²) in [4.78, 5) is 27.3. The molecule has 2 N–H and O–H groups in total. The van der Waals surface area contributed by atoms with E-state index in [1.54, 1.807) is 6.07 Å². The van der Waals surface area contributed by atoms with Crippen molar-refractivity contribution < 1.29 is 14.3 Å². The number of ether oxygens (including phenoxy) is 1. The highest BCUT2D eigenvalue weighted by Gasteiger charge is 2.28. The molecule has 0 unspecified atom stereocenters. The van der Waals surface area contributed by atoms with Gasteiger partial charge in [-0.15, -0.1) is 11.3 Å². The number of benzene rings is 2. The molecular formula is C24H24N2O3S. The van der Waals surface area contributed by atoms with E-state index in [1.165, 1.54) is 16.2 Å². The molecule has 0 saturated carbocycles. The Morgan fingerprint density at radius 3 is 2.67 bits per heavy atom. The van der Waals surface area contributed by atoms with Gasteiger partial charge in [0.05, 0.1) is 17.9 Å². The number of hydrogen-bond donors (Lipinski definition) is 2. The third-order valence-corrected chi connectivity index (χ3v) is 6.30. The second kappa shape index (κ2) is 8.71. The Hall–Kier alpha value is -3.12. The van der Waals surface area contributed by atoms with Crippen LogP contribution < -0.4 is 15.4 Å². The first-order chi connectivity index (χ1) is 14.6. The predicted molar refractivity (Wildman–Crippen MR) is 121 cm³/mol. The normalized spacial score (nSPS) is 12.3. The SMILES string of the molecule is CCOc1ccccc1NC(=O)c1c(NC(=O)c2cccc(C)c2)sc2c1CCC2. The highest BCUT2D eigenvalue weighted by Crippen LogP contribution is 2.40. The molecule has 0 fully saturated rings. The van der Waals surface area contributed by atoms with Gasteiger partial charge in [-0.25, -0.2) is 0 Å². The number of anilines is 2. The maximum atomic E-state index is 13.3. The van der Waals surface area contributed by atoms with Crippen molar-refractivity contribution in [3.05, 3.63) is 75.7 Å². The van der Waals surface area contributed by atoms with Crippen molar-refractivity contribution in [2.75, 3.05) is 17.2 Å². The molecule has 2 amide bonds. The van der Waals surface area contributed by atoms with Crippen LogP contribution in [0.25, 0.3) is 0 Å². The first kappa shape index (κ1) is 20.2. The van der Waals surface area contributed by atoms with Crippen LogP contribution in [-0.2, 0) is 12.8 Å². The molecule has 0 radical (unpaired) electrons. The maximum Gasteiger partial charge on any atom is 0.259 e. The number of aryl methyl sites for hydroxylation is 2. The zero-order valence-electron chi connectivity index (χ0n) is 17.1. The Morgan fingerprint density at radius 1 is 1.03 bits per heavy atom. The summed E-state index contributed by atoms with van der Waals surface area (Å²) >= 11 is 1.51. The second-order valence-corrected chi connectivity index (χ2v) is 8.37. The van der Waals surface area contributed by atoms with E-state index in [1.807, 2.05) is 56.3 Å². The van der Waals surface area contributed by atoms with E-state index >= 15 is 0 Å². The van der Waals surface area contributed by atoms with Gasteiger partial charge in [0.15, 0.2) is 0 Å². The van der Waals surface area contributed by atoms with Crippen molar-refractivity contribution in [3.63, 3.8) is 0 Å². The van der Waals surface area contributed by atoms with E-state index in [9.17, 15) is 9.59 Å². The molecule has 6 heteroatoms. The van der Waals surface area contributed by atoms with E-state index in [0.29, 0.717) is 34.2 Å². The van der Waals surface area contributed by atoms with Gasteiger partial charge in [-0.2, -0.15) is 0 Å². The lowest BCUT2D eigenvalue weighted by molar-refractivity contribution is 0.102. The molecule has 0 saturated heterocycles. The van der Waals surface area contributed by atoms with Crippen molar-refractivity contribution in [1.29, 1.82) is 0 Å². The molecule has 0 spiro atoms. The lowest BCUT2D eigenvalue weighted by atomic mass is 10.1. The van der Waals surface area contributed by atoms with Crippen molar-refractivity contribution in [1.82, 2.24) is 0 Å². The lowest BCUT2D eigenvalue weighted by Gasteiger charge is -2.13. The van der Waals surface area contributed by atoms with E-state index in [4.69, 9.17) is 4.74 Å². The van der Waals surface area contributed by atoms with Gasteiger partial charge in [0.25, 0.3) is 11.8 Å². The topological polar surface area (TPSA) is 67.4 Å². The lowest BCUT2D eigenvalue weighted by Crippen LogP contribution is -2.18. The monoisotopic (exact) mass is 420 g/mol. The van der Waals surface area contributed by atoms with Gasteiger partial charge in [-0.3, -0.25) is 9.59 Å². The van der Waals surface area contributed by atoms with Crippen LogP contribution in [0.15, 0.2) is 48.5 Å².